The number of hydrogen-bond acceptors (Lipinski definition) is 5. The van der Waals surface area contributed by atoms with Crippen molar-refractivity contribution in [2.45, 2.75) is 83.0 Å². The Morgan fingerprint density at radius 2 is 1.79 bits per heavy atom. The molecule has 0 spiro atoms. The van der Waals surface area contributed by atoms with Gasteiger partial charge in [-0.25, -0.2) is 4.79 Å². The van der Waals surface area contributed by atoms with Crippen LogP contribution >= 0.6 is 0 Å². The minimum absolute atomic E-state index is 0. The van der Waals surface area contributed by atoms with Gasteiger partial charge in [-0.05, 0) is 86.0 Å². The first-order valence-electron chi connectivity index (χ1n) is 11.2. The van der Waals surface area contributed by atoms with E-state index < -0.39 is 17.1 Å². The lowest BCUT2D eigenvalue weighted by Crippen LogP contribution is -2.67. The van der Waals surface area contributed by atoms with Crippen LogP contribution in [0, 0.1) is 34.5 Å². The van der Waals surface area contributed by atoms with E-state index in [0.29, 0.717) is 31.3 Å². The molecule has 4 fully saturated rings. The zero-order valence-corrected chi connectivity index (χ0v) is 17.6. The van der Waals surface area contributed by atoms with Crippen molar-refractivity contribution >= 4 is 5.97 Å². The Balaban J connectivity index is 0.00000205. The largest absolute Gasteiger partial charge is 0.458 e. The molecule has 0 saturated heterocycles. The number of cyclic esters (lactones) is 1. The van der Waals surface area contributed by atoms with Crippen LogP contribution in [0.5, 0.6) is 0 Å². The molecule has 9 atom stereocenters. The summed E-state index contributed by atoms with van der Waals surface area (Å²) in [5.41, 5.74) is -0.507. The van der Waals surface area contributed by atoms with E-state index >= 15 is 0 Å². The van der Waals surface area contributed by atoms with E-state index in [0.717, 1.165) is 44.1 Å². The molecule has 164 valence electrons. The number of ether oxygens (including phenoxy) is 1. The van der Waals surface area contributed by atoms with Crippen LogP contribution in [-0.4, -0.2) is 51.2 Å². The zero-order chi connectivity index (χ0) is 19.9. The summed E-state index contributed by atoms with van der Waals surface area (Å²) in [7, 11) is 0. The molecule has 0 aromatic carbocycles. The lowest BCUT2D eigenvalue weighted by molar-refractivity contribution is -0.244. The van der Waals surface area contributed by atoms with Crippen LogP contribution in [0.4, 0.5) is 0 Å². The zero-order valence-electron chi connectivity index (χ0n) is 17.6. The first-order valence-corrected chi connectivity index (χ1v) is 11.2. The van der Waals surface area contributed by atoms with Crippen LogP contribution in [0.15, 0.2) is 11.6 Å². The molecule has 5 aliphatic rings. The summed E-state index contributed by atoms with van der Waals surface area (Å²) in [5, 5.41) is 33.7. The van der Waals surface area contributed by atoms with Gasteiger partial charge in [-0.2, -0.15) is 0 Å². The highest BCUT2D eigenvalue weighted by Gasteiger charge is 2.70. The monoisotopic (exact) mass is 408 g/mol. The molecule has 4 aliphatic carbocycles. The van der Waals surface area contributed by atoms with Gasteiger partial charge in [0.25, 0.3) is 0 Å². The second-order valence-corrected chi connectivity index (χ2v) is 10.8. The van der Waals surface area contributed by atoms with Gasteiger partial charge in [-0.1, -0.05) is 13.8 Å². The lowest BCUT2D eigenvalue weighted by atomic mass is 9.42. The summed E-state index contributed by atoms with van der Waals surface area (Å²) >= 11 is 0. The Morgan fingerprint density at radius 1 is 1.03 bits per heavy atom. The average Bonchev–Trinajstić information content (AvgIpc) is 3.19. The number of hydrogen-bond donors (Lipinski definition) is 3. The highest BCUT2D eigenvalue weighted by Crippen LogP contribution is 2.69. The molecule has 0 aromatic rings. The van der Waals surface area contributed by atoms with Crippen molar-refractivity contribution < 1.29 is 30.3 Å². The van der Waals surface area contributed by atoms with Gasteiger partial charge in [0.2, 0.25) is 0 Å². The molecule has 0 aromatic heterocycles. The van der Waals surface area contributed by atoms with Crippen molar-refractivity contribution in [1.29, 1.82) is 0 Å². The van der Waals surface area contributed by atoms with Gasteiger partial charge in [0.1, 0.15) is 6.61 Å². The fraction of sp³-hybridized carbons (Fsp3) is 0.870. The van der Waals surface area contributed by atoms with Crippen molar-refractivity contribution in [3.8, 4) is 0 Å². The van der Waals surface area contributed by atoms with Crippen molar-refractivity contribution in [3.05, 3.63) is 11.6 Å². The second kappa shape index (κ2) is 6.78. The fourth-order valence-electron chi connectivity index (χ4n) is 8.37. The molecule has 0 radical (unpaired) electrons. The lowest BCUT2D eigenvalue weighted by Gasteiger charge is -2.64. The smallest absolute Gasteiger partial charge is 0.331 e. The van der Waals surface area contributed by atoms with Crippen LogP contribution in [0.25, 0.3) is 0 Å². The molecule has 0 bridgehead atoms. The van der Waals surface area contributed by atoms with Crippen LogP contribution in [-0.2, 0) is 9.53 Å². The van der Waals surface area contributed by atoms with Gasteiger partial charge >= 0.3 is 5.97 Å². The standard InChI is InChI=1S/C23H34O5.H2O/c1-21-7-5-15(24)10-14(21)3-4-17-18(21)11-19(25)22(2)16(6-8-23(17,22)27)13-9-20(26)28-12-13;/h9,14-19,24-25,27H,3-8,10-12H2,1-2H3;1H2. The first kappa shape index (κ1) is 21.3. The minimum atomic E-state index is -0.906. The highest BCUT2D eigenvalue weighted by atomic mass is 16.5. The van der Waals surface area contributed by atoms with E-state index in [1.807, 2.05) is 6.92 Å². The van der Waals surface area contributed by atoms with E-state index in [4.69, 9.17) is 4.74 Å². The van der Waals surface area contributed by atoms with Gasteiger partial charge < -0.3 is 25.5 Å². The Labute approximate surface area is 172 Å². The molecular formula is C23H36O6. The number of carbonyl (C=O) groups excluding carboxylic acids is 1. The Morgan fingerprint density at radius 3 is 2.48 bits per heavy atom. The topological polar surface area (TPSA) is 118 Å². The second-order valence-electron chi connectivity index (χ2n) is 10.8. The Hall–Kier alpha value is -0.950. The molecule has 4 saturated carbocycles. The summed E-state index contributed by atoms with van der Waals surface area (Å²) in [6.45, 7) is 4.69. The quantitative estimate of drug-likeness (QED) is 0.571. The molecular weight excluding hydrogens is 372 g/mol. The summed E-state index contributed by atoms with van der Waals surface area (Å²) in [4.78, 5) is 11.6. The molecule has 5 N–H and O–H groups in total. The van der Waals surface area contributed by atoms with Gasteiger partial charge in [0.15, 0.2) is 0 Å². The number of esters is 1. The third kappa shape index (κ3) is 2.65. The SMILES string of the molecule is CC12CCC(O)CC1CCC1C2CC(O)C2(C)C(C3=CC(=O)OC3)CCC12O.O. The van der Waals surface area contributed by atoms with Crippen LogP contribution in [0.3, 0.4) is 0 Å². The third-order valence-corrected chi connectivity index (χ3v) is 10.0. The van der Waals surface area contributed by atoms with E-state index in [1.54, 1.807) is 6.08 Å². The molecule has 1 aliphatic heterocycles. The van der Waals surface area contributed by atoms with Crippen molar-refractivity contribution in [2.24, 2.45) is 34.5 Å². The maximum atomic E-state index is 12.1. The Kier molecular flexibility index (Phi) is 4.97. The van der Waals surface area contributed by atoms with Crippen LogP contribution in [0.2, 0.25) is 0 Å². The average molecular weight is 409 g/mol. The Bertz CT molecular complexity index is 720. The molecule has 1 heterocycles. The molecule has 5 rings (SSSR count). The van der Waals surface area contributed by atoms with E-state index in [2.05, 4.69) is 6.92 Å². The summed E-state index contributed by atoms with van der Waals surface area (Å²) in [6.07, 6.45) is 7.69. The van der Waals surface area contributed by atoms with Crippen molar-refractivity contribution in [2.75, 3.05) is 6.61 Å². The number of aliphatic hydroxyl groups excluding tert-OH is 2. The normalized spacial score (nSPS) is 53.8. The fourth-order valence-corrected chi connectivity index (χ4v) is 8.37. The van der Waals surface area contributed by atoms with E-state index in [-0.39, 0.29) is 34.8 Å². The number of carbonyl (C=O) groups is 1. The van der Waals surface area contributed by atoms with Gasteiger partial charge in [0, 0.05) is 11.5 Å². The van der Waals surface area contributed by atoms with Crippen molar-refractivity contribution in [3.63, 3.8) is 0 Å². The van der Waals surface area contributed by atoms with E-state index in [1.165, 1.54) is 0 Å². The van der Waals surface area contributed by atoms with Crippen LogP contribution in [0.1, 0.15) is 65.2 Å². The van der Waals surface area contributed by atoms with Crippen molar-refractivity contribution in [1.82, 2.24) is 0 Å². The number of aliphatic hydroxyl groups is 3. The van der Waals surface area contributed by atoms with Gasteiger partial charge in [-0.15, -0.1) is 0 Å². The predicted molar refractivity (Wildman–Crippen MR) is 107 cm³/mol. The predicted octanol–water partition coefficient (Wildman–Crippen LogP) is 1.75. The number of rotatable bonds is 1. The molecule has 29 heavy (non-hydrogen) atoms. The first-order chi connectivity index (χ1) is 13.2. The maximum Gasteiger partial charge on any atom is 0.331 e. The van der Waals surface area contributed by atoms with Gasteiger partial charge in [-0.3, -0.25) is 0 Å². The number of fused-ring (bicyclic) bond motifs is 5. The molecule has 6 nitrogen and oxygen atoms in total. The third-order valence-electron chi connectivity index (χ3n) is 10.0. The van der Waals surface area contributed by atoms with E-state index in [9.17, 15) is 20.1 Å². The molecule has 9 unspecified atom stereocenters. The summed E-state index contributed by atoms with van der Waals surface area (Å²) < 4.78 is 5.16. The molecule has 0 amide bonds. The molecule has 6 heteroatoms. The van der Waals surface area contributed by atoms with Crippen LogP contribution < -0.4 is 0 Å². The minimum Gasteiger partial charge on any atom is -0.458 e. The summed E-state index contributed by atoms with van der Waals surface area (Å²) in [5.74, 6) is 0.657. The highest BCUT2D eigenvalue weighted by molar-refractivity contribution is 5.85. The maximum absolute atomic E-state index is 12.1. The van der Waals surface area contributed by atoms with Gasteiger partial charge in [0.05, 0.1) is 17.8 Å². The summed E-state index contributed by atoms with van der Waals surface area (Å²) in [6, 6.07) is 0.